The number of ether oxygens (including phenoxy) is 1. The lowest BCUT2D eigenvalue weighted by atomic mass is 10.0. The Balaban J connectivity index is 0.00000261. The number of phenols is 1. The number of fused-ring (bicyclic) bond motifs is 1. The summed E-state index contributed by atoms with van der Waals surface area (Å²) in [6.07, 6.45) is 0.656. The summed E-state index contributed by atoms with van der Waals surface area (Å²) < 4.78 is 5.74. The molecule has 1 aliphatic heterocycles. The van der Waals surface area contributed by atoms with Crippen LogP contribution in [-0.4, -0.2) is 35.1 Å². The number of aromatic hydroxyl groups is 1. The fraction of sp³-hybridized carbons (Fsp3) is 0.450. The highest BCUT2D eigenvalue weighted by Crippen LogP contribution is 2.39. The highest BCUT2D eigenvalue weighted by atomic mass is 35.5. The number of hydrogen-bond acceptors (Lipinski definition) is 5. The fourth-order valence-corrected chi connectivity index (χ4v) is 4.12. The van der Waals surface area contributed by atoms with Crippen molar-refractivity contribution in [3.63, 3.8) is 0 Å². The Morgan fingerprint density at radius 2 is 2.11 bits per heavy atom. The zero-order valence-electron chi connectivity index (χ0n) is 15.9. The first-order valence-corrected chi connectivity index (χ1v) is 9.76. The molecule has 0 spiro atoms. The maximum absolute atomic E-state index is 12.7. The van der Waals surface area contributed by atoms with Crippen LogP contribution in [0.5, 0.6) is 11.5 Å². The van der Waals surface area contributed by atoms with Crippen LogP contribution in [0.2, 0.25) is 0 Å². The van der Waals surface area contributed by atoms with Crippen molar-refractivity contribution >= 4 is 29.7 Å². The second kappa shape index (κ2) is 8.95. The molecule has 0 saturated heterocycles. The lowest BCUT2D eigenvalue weighted by Crippen LogP contribution is -2.44. The monoisotopic (exact) mass is 410 g/mol. The quantitative estimate of drug-likeness (QED) is 0.800. The number of carbonyl (C=O) groups is 1. The van der Waals surface area contributed by atoms with Gasteiger partial charge in [-0.25, -0.2) is 0 Å². The van der Waals surface area contributed by atoms with Crippen molar-refractivity contribution in [1.29, 1.82) is 0 Å². The number of carbonyl (C=O) groups excluding carboxylic acids is 1. The van der Waals surface area contributed by atoms with Crippen LogP contribution in [0.4, 0.5) is 0 Å². The van der Waals surface area contributed by atoms with E-state index in [0.717, 1.165) is 16.0 Å². The minimum Gasteiger partial charge on any atom is -0.504 e. The minimum atomic E-state index is -0.506. The molecule has 0 saturated carbocycles. The number of hydrogen-bond donors (Lipinski definition) is 2. The molecule has 3 rings (SSSR count). The average Bonchev–Trinajstić information content (AvgIpc) is 2.88. The zero-order chi connectivity index (χ0) is 18.8. The first-order chi connectivity index (χ1) is 12.3. The summed E-state index contributed by atoms with van der Waals surface area (Å²) in [5.41, 5.74) is 7.84. The number of nitrogens with two attached hydrogens (primary N) is 1. The van der Waals surface area contributed by atoms with Gasteiger partial charge in [-0.05, 0) is 49.1 Å². The Kier molecular flexibility index (Phi) is 7.14. The van der Waals surface area contributed by atoms with E-state index < -0.39 is 6.04 Å². The third kappa shape index (κ3) is 4.94. The average molecular weight is 411 g/mol. The van der Waals surface area contributed by atoms with Gasteiger partial charge in [0.2, 0.25) is 5.91 Å². The summed E-state index contributed by atoms with van der Waals surface area (Å²) in [4.78, 5) is 16.8. The molecule has 7 heteroatoms. The van der Waals surface area contributed by atoms with Gasteiger partial charge in [-0.3, -0.25) is 4.79 Å². The second-order valence-corrected chi connectivity index (χ2v) is 8.53. The van der Waals surface area contributed by atoms with Crippen molar-refractivity contribution in [2.45, 2.75) is 39.8 Å². The first-order valence-electron chi connectivity index (χ1n) is 8.95. The zero-order valence-corrected chi connectivity index (χ0v) is 17.5. The van der Waals surface area contributed by atoms with Gasteiger partial charge in [-0.15, -0.1) is 23.7 Å². The SMILES string of the molecule is Cc1ccc(-c2cc(O)c3c(c2)CN(C(=O)[C@H](N)CC(C)C)CCO3)s1.Cl. The molecule has 2 aromatic rings. The standard InChI is InChI=1S/C20H26N2O3S.ClH/c1-12(2)8-16(21)20(24)22-6-7-25-19-15(11-22)9-14(10-17(19)23)18-5-4-13(3)26-18;/h4-5,9-10,12,16,23H,6-8,11,21H2,1-3H3;1H/t16-;/m1./s1. The predicted molar refractivity (Wildman–Crippen MR) is 112 cm³/mol. The largest absolute Gasteiger partial charge is 0.504 e. The Labute approximate surface area is 170 Å². The number of halogens is 1. The molecule has 1 amide bonds. The molecule has 27 heavy (non-hydrogen) atoms. The molecule has 1 aliphatic rings. The summed E-state index contributed by atoms with van der Waals surface area (Å²) >= 11 is 1.67. The van der Waals surface area contributed by atoms with Crippen molar-refractivity contribution in [1.82, 2.24) is 4.90 Å². The van der Waals surface area contributed by atoms with Crippen LogP contribution in [0.15, 0.2) is 24.3 Å². The molecule has 0 radical (unpaired) electrons. The van der Waals surface area contributed by atoms with E-state index in [4.69, 9.17) is 10.5 Å². The predicted octanol–water partition coefficient (Wildman–Crippen LogP) is 3.95. The van der Waals surface area contributed by atoms with E-state index in [1.54, 1.807) is 22.3 Å². The molecule has 0 fully saturated rings. The van der Waals surface area contributed by atoms with Crippen molar-refractivity contribution in [2.75, 3.05) is 13.2 Å². The number of rotatable bonds is 4. The van der Waals surface area contributed by atoms with Gasteiger partial charge in [0.05, 0.1) is 12.6 Å². The van der Waals surface area contributed by atoms with E-state index in [1.807, 2.05) is 12.1 Å². The summed E-state index contributed by atoms with van der Waals surface area (Å²) in [6, 6.07) is 7.32. The van der Waals surface area contributed by atoms with E-state index >= 15 is 0 Å². The Bertz CT molecular complexity index is 807. The number of amides is 1. The maximum Gasteiger partial charge on any atom is 0.239 e. The highest BCUT2D eigenvalue weighted by molar-refractivity contribution is 7.15. The van der Waals surface area contributed by atoms with Crippen molar-refractivity contribution in [2.24, 2.45) is 11.7 Å². The van der Waals surface area contributed by atoms with E-state index in [0.29, 0.717) is 37.8 Å². The molecule has 1 aromatic heterocycles. The van der Waals surface area contributed by atoms with Gasteiger partial charge < -0.3 is 20.5 Å². The lowest BCUT2D eigenvalue weighted by Gasteiger charge is -2.24. The Hall–Kier alpha value is -1.76. The molecule has 1 atom stereocenters. The molecule has 5 nitrogen and oxygen atoms in total. The molecule has 148 valence electrons. The van der Waals surface area contributed by atoms with Crippen LogP contribution in [0.3, 0.4) is 0 Å². The topological polar surface area (TPSA) is 75.8 Å². The number of benzene rings is 1. The Morgan fingerprint density at radius 3 is 2.74 bits per heavy atom. The molecule has 0 bridgehead atoms. The molecular formula is C20H27ClN2O3S. The van der Waals surface area contributed by atoms with Gasteiger partial charge in [0.1, 0.15) is 6.61 Å². The van der Waals surface area contributed by atoms with E-state index in [1.165, 1.54) is 4.88 Å². The summed E-state index contributed by atoms with van der Waals surface area (Å²) in [5.74, 6) is 0.883. The van der Waals surface area contributed by atoms with Crippen LogP contribution in [-0.2, 0) is 11.3 Å². The fourth-order valence-electron chi connectivity index (χ4n) is 3.26. The van der Waals surface area contributed by atoms with Crippen LogP contribution >= 0.6 is 23.7 Å². The van der Waals surface area contributed by atoms with Crippen molar-refractivity contribution in [3.05, 3.63) is 34.7 Å². The number of thiophene rings is 1. The molecule has 0 aliphatic carbocycles. The highest BCUT2D eigenvalue weighted by Gasteiger charge is 2.26. The second-order valence-electron chi connectivity index (χ2n) is 7.24. The molecule has 2 heterocycles. The van der Waals surface area contributed by atoms with Crippen LogP contribution in [0.25, 0.3) is 10.4 Å². The van der Waals surface area contributed by atoms with Gasteiger partial charge >= 0.3 is 0 Å². The van der Waals surface area contributed by atoms with E-state index in [9.17, 15) is 9.90 Å². The first kappa shape index (κ1) is 21.5. The minimum absolute atomic E-state index is 0. The van der Waals surface area contributed by atoms with Crippen LogP contribution in [0.1, 0.15) is 30.7 Å². The number of nitrogens with zero attached hydrogens (tertiary/aromatic N) is 1. The van der Waals surface area contributed by atoms with Gasteiger partial charge in [0, 0.05) is 21.9 Å². The van der Waals surface area contributed by atoms with Crippen molar-refractivity contribution in [3.8, 4) is 21.9 Å². The third-order valence-electron chi connectivity index (χ3n) is 4.49. The Morgan fingerprint density at radius 1 is 1.37 bits per heavy atom. The molecular weight excluding hydrogens is 384 g/mol. The molecule has 1 aromatic carbocycles. The van der Waals surface area contributed by atoms with E-state index in [-0.39, 0.29) is 24.1 Å². The van der Waals surface area contributed by atoms with Gasteiger partial charge in [-0.1, -0.05) is 13.8 Å². The third-order valence-corrected chi connectivity index (χ3v) is 5.54. The van der Waals surface area contributed by atoms with E-state index in [2.05, 4.69) is 26.8 Å². The number of phenolic OH excluding ortho intramolecular Hbond substituents is 1. The van der Waals surface area contributed by atoms with Crippen LogP contribution < -0.4 is 10.5 Å². The van der Waals surface area contributed by atoms with Crippen molar-refractivity contribution < 1.29 is 14.6 Å². The summed E-state index contributed by atoms with van der Waals surface area (Å²) in [5, 5.41) is 10.4. The van der Waals surface area contributed by atoms with Gasteiger partial charge in [0.15, 0.2) is 11.5 Å². The lowest BCUT2D eigenvalue weighted by molar-refractivity contribution is -0.133. The normalized spacial score (nSPS) is 14.8. The van der Waals surface area contributed by atoms with Gasteiger partial charge in [0.25, 0.3) is 0 Å². The maximum atomic E-state index is 12.7. The molecule has 0 unspecified atom stereocenters. The summed E-state index contributed by atoms with van der Waals surface area (Å²) in [6.45, 7) is 7.37. The summed E-state index contributed by atoms with van der Waals surface area (Å²) in [7, 11) is 0. The smallest absolute Gasteiger partial charge is 0.239 e. The van der Waals surface area contributed by atoms with Gasteiger partial charge in [-0.2, -0.15) is 0 Å². The number of aryl methyl sites for hydroxylation is 1. The molecule has 3 N–H and O–H groups in total. The van der Waals surface area contributed by atoms with Crippen LogP contribution in [0, 0.1) is 12.8 Å².